The number of rotatable bonds is 5. The van der Waals surface area contributed by atoms with Crippen LogP contribution < -0.4 is 10.5 Å². The Hall–Kier alpha value is -1.20. The minimum absolute atomic E-state index is 0.0709. The van der Waals surface area contributed by atoms with Gasteiger partial charge >= 0.3 is 0 Å². The lowest BCUT2D eigenvalue weighted by atomic mass is 10.1. The van der Waals surface area contributed by atoms with Gasteiger partial charge in [-0.05, 0) is 41.8 Å². The molecule has 1 heterocycles. The van der Waals surface area contributed by atoms with Gasteiger partial charge in [-0.1, -0.05) is 12.2 Å². The van der Waals surface area contributed by atoms with Crippen molar-refractivity contribution in [2.24, 2.45) is 5.73 Å². The Morgan fingerprint density at radius 2 is 2.00 bits per heavy atom. The first-order valence-electron chi connectivity index (χ1n) is 6.23. The van der Waals surface area contributed by atoms with E-state index in [1.807, 2.05) is 34.0 Å². The van der Waals surface area contributed by atoms with Crippen molar-refractivity contribution in [3.63, 3.8) is 0 Å². The zero-order chi connectivity index (χ0) is 14.8. The maximum Gasteiger partial charge on any atom is 0.133 e. The summed E-state index contributed by atoms with van der Waals surface area (Å²) in [5, 5.41) is 0. The van der Waals surface area contributed by atoms with Gasteiger partial charge in [-0.3, -0.25) is 4.98 Å². The Balaban J connectivity index is 3.04. The van der Waals surface area contributed by atoms with Gasteiger partial charge in [0, 0.05) is 17.3 Å². The lowest BCUT2D eigenvalue weighted by Gasteiger charge is -2.32. The number of nitrogens with two attached hydrogens (primary N) is 1. The Morgan fingerprint density at radius 3 is 2.47 bits per heavy atom. The van der Waals surface area contributed by atoms with E-state index >= 15 is 0 Å². The van der Waals surface area contributed by atoms with Crippen molar-refractivity contribution in [3.8, 4) is 5.75 Å². The number of pyridine rings is 1. The van der Waals surface area contributed by atoms with Crippen molar-refractivity contribution in [1.82, 2.24) is 9.88 Å². The monoisotopic (exact) mass is 281 g/mol. The van der Waals surface area contributed by atoms with Crippen LogP contribution in [0.2, 0.25) is 0 Å². The molecule has 0 aromatic carbocycles. The largest absolute Gasteiger partial charge is 0.491 e. The molecule has 0 spiro atoms. The summed E-state index contributed by atoms with van der Waals surface area (Å²) < 4.78 is 5.94. The molecule has 0 bridgehead atoms. The molecule has 0 amide bonds. The molecule has 2 N–H and O–H groups in total. The predicted molar refractivity (Wildman–Crippen MR) is 82.9 cm³/mol. The lowest BCUT2D eigenvalue weighted by Crippen LogP contribution is -2.43. The van der Waals surface area contributed by atoms with Gasteiger partial charge in [0.25, 0.3) is 0 Å². The molecule has 0 saturated heterocycles. The fourth-order valence-corrected chi connectivity index (χ4v) is 1.84. The lowest BCUT2D eigenvalue weighted by molar-refractivity contribution is 0.114. The third kappa shape index (κ3) is 3.88. The highest BCUT2D eigenvalue weighted by molar-refractivity contribution is 7.80. The summed E-state index contributed by atoms with van der Waals surface area (Å²) in [7, 11) is 4.06. The van der Waals surface area contributed by atoms with E-state index in [1.54, 1.807) is 0 Å². The molecule has 0 fully saturated rings. The van der Waals surface area contributed by atoms with Crippen LogP contribution in [0, 0.1) is 13.8 Å². The number of nitrogens with zero attached hydrogens (tertiary/aromatic N) is 2. The Bertz CT molecular complexity index is 484. The molecule has 106 valence electrons. The minimum atomic E-state index is -0.0709. The maximum atomic E-state index is 5.94. The number of thiocarbonyl (C=S) groups is 1. The maximum absolute atomic E-state index is 5.94. The van der Waals surface area contributed by atoms with Crippen molar-refractivity contribution in [1.29, 1.82) is 0 Å². The van der Waals surface area contributed by atoms with Gasteiger partial charge in [0.05, 0.1) is 11.3 Å². The normalized spacial score (nSPS) is 11.7. The van der Waals surface area contributed by atoms with Crippen LogP contribution in [-0.2, 0) is 0 Å². The molecular formula is C14H23N3OS. The highest BCUT2D eigenvalue weighted by Crippen LogP contribution is 2.24. The van der Waals surface area contributed by atoms with Gasteiger partial charge in [-0.2, -0.15) is 0 Å². The summed E-state index contributed by atoms with van der Waals surface area (Å²) in [5.41, 5.74) is 8.14. The van der Waals surface area contributed by atoms with E-state index in [2.05, 4.69) is 23.7 Å². The first-order valence-corrected chi connectivity index (χ1v) is 6.64. The SMILES string of the molecule is Cc1cc(OCC(C)(C)N(C)C)c(C(N)=S)c(C)n1. The average molecular weight is 281 g/mol. The van der Waals surface area contributed by atoms with Gasteiger partial charge in [-0.25, -0.2) is 0 Å². The third-order valence-electron chi connectivity index (χ3n) is 3.33. The molecule has 0 atom stereocenters. The first-order chi connectivity index (χ1) is 8.65. The zero-order valence-electron chi connectivity index (χ0n) is 12.6. The minimum Gasteiger partial charge on any atom is -0.491 e. The Kier molecular flexibility index (Phi) is 4.87. The van der Waals surface area contributed by atoms with Crippen LogP contribution in [-0.4, -0.2) is 41.1 Å². The Labute approximate surface area is 121 Å². The van der Waals surface area contributed by atoms with Gasteiger partial charge in [0.2, 0.25) is 0 Å². The zero-order valence-corrected chi connectivity index (χ0v) is 13.4. The molecule has 0 radical (unpaired) electrons. The summed E-state index contributed by atoms with van der Waals surface area (Å²) in [6, 6.07) is 1.88. The van der Waals surface area contributed by atoms with Crippen molar-refractivity contribution in [2.45, 2.75) is 33.2 Å². The second-order valence-corrected chi connectivity index (χ2v) is 6.02. The molecule has 19 heavy (non-hydrogen) atoms. The molecule has 1 aromatic rings. The molecule has 0 aliphatic carbocycles. The van der Waals surface area contributed by atoms with Crippen molar-refractivity contribution in [3.05, 3.63) is 23.0 Å². The third-order valence-corrected chi connectivity index (χ3v) is 3.53. The second-order valence-electron chi connectivity index (χ2n) is 5.58. The van der Waals surface area contributed by atoms with E-state index < -0.39 is 0 Å². The topological polar surface area (TPSA) is 51.4 Å². The average Bonchev–Trinajstić information content (AvgIpc) is 2.24. The Morgan fingerprint density at radius 1 is 1.42 bits per heavy atom. The van der Waals surface area contributed by atoms with Crippen LogP contribution in [0.4, 0.5) is 0 Å². The fourth-order valence-electron chi connectivity index (χ4n) is 1.59. The fraction of sp³-hybridized carbons (Fsp3) is 0.571. The van der Waals surface area contributed by atoms with E-state index in [9.17, 15) is 0 Å². The standard InChI is InChI=1S/C14H23N3OS/c1-9-7-11(12(13(15)19)10(2)16-9)18-8-14(3,4)17(5)6/h7H,8H2,1-6H3,(H2,15,19). The van der Waals surface area contributed by atoms with E-state index in [-0.39, 0.29) is 5.54 Å². The van der Waals surface area contributed by atoms with Crippen LogP contribution >= 0.6 is 12.2 Å². The van der Waals surface area contributed by atoms with E-state index in [0.29, 0.717) is 17.3 Å². The van der Waals surface area contributed by atoms with Crippen LogP contribution in [0.15, 0.2) is 6.07 Å². The summed E-state index contributed by atoms with van der Waals surface area (Å²) >= 11 is 5.09. The molecule has 0 saturated carbocycles. The first kappa shape index (κ1) is 15.9. The van der Waals surface area contributed by atoms with Crippen LogP contribution in [0.25, 0.3) is 0 Å². The number of likely N-dealkylation sites (N-methyl/N-ethyl adjacent to an activating group) is 1. The molecule has 1 rings (SSSR count). The summed E-state index contributed by atoms with van der Waals surface area (Å²) in [6.07, 6.45) is 0. The number of ether oxygens (including phenoxy) is 1. The van der Waals surface area contributed by atoms with Gasteiger partial charge in [0.1, 0.15) is 17.3 Å². The second kappa shape index (κ2) is 5.84. The van der Waals surface area contributed by atoms with Crippen LogP contribution in [0.1, 0.15) is 30.8 Å². The summed E-state index contributed by atoms with van der Waals surface area (Å²) in [6.45, 7) is 8.62. The molecule has 1 aromatic heterocycles. The molecule has 0 unspecified atom stereocenters. The molecule has 5 heteroatoms. The van der Waals surface area contributed by atoms with Crippen molar-refractivity contribution < 1.29 is 4.74 Å². The van der Waals surface area contributed by atoms with E-state index in [0.717, 1.165) is 17.0 Å². The van der Waals surface area contributed by atoms with Crippen LogP contribution in [0.3, 0.4) is 0 Å². The van der Waals surface area contributed by atoms with Crippen LogP contribution in [0.5, 0.6) is 5.75 Å². The predicted octanol–water partition coefficient (Wildman–Crippen LogP) is 2.05. The van der Waals surface area contributed by atoms with E-state index in [1.165, 1.54) is 0 Å². The van der Waals surface area contributed by atoms with E-state index in [4.69, 9.17) is 22.7 Å². The highest BCUT2D eigenvalue weighted by atomic mass is 32.1. The van der Waals surface area contributed by atoms with Crippen molar-refractivity contribution in [2.75, 3.05) is 20.7 Å². The molecule has 0 aliphatic heterocycles. The quantitative estimate of drug-likeness (QED) is 0.837. The number of aromatic nitrogens is 1. The highest BCUT2D eigenvalue weighted by Gasteiger charge is 2.22. The number of aryl methyl sites for hydroxylation is 2. The van der Waals surface area contributed by atoms with Gasteiger partial charge in [-0.15, -0.1) is 0 Å². The summed E-state index contributed by atoms with van der Waals surface area (Å²) in [4.78, 5) is 6.82. The summed E-state index contributed by atoms with van der Waals surface area (Å²) in [5.74, 6) is 0.715. The number of hydrogen-bond donors (Lipinski definition) is 1. The van der Waals surface area contributed by atoms with Crippen molar-refractivity contribution >= 4 is 17.2 Å². The molecular weight excluding hydrogens is 258 g/mol. The smallest absolute Gasteiger partial charge is 0.133 e. The van der Waals surface area contributed by atoms with Gasteiger partial charge < -0.3 is 15.4 Å². The molecule has 0 aliphatic rings. The number of hydrogen-bond acceptors (Lipinski definition) is 4. The molecule has 4 nitrogen and oxygen atoms in total. The van der Waals surface area contributed by atoms with Gasteiger partial charge in [0.15, 0.2) is 0 Å².